The minimum absolute atomic E-state index is 0.291. The molecule has 0 saturated carbocycles. The molecule has 0 spiro atoms. The van der Waals surface area contributed by atoms with Crippen LogP contribution in [0.4, 0.5) is 0 Å². The van der Waals surface area contributed by atoms with Crippen molar-refractivity contribution in [3.05, 3.63) is 45.4 Å². The molecule has 0 aliphatic carbocycles. The zero-order valence-corrected chi connectivity index (χ0v) is 12.9. The zero-order chi connectivity index (χ0) is 14.0. The maximum atomic E-state index is 9.71. The molecule has 0 aliphatic rings. The molecular formula is C13H14BrClN2O2. The van der Waals surface area contributed by atoms with Crippen molar-refractivity contribution in [2.75, 3.05) is 0 Å². The minimum Gasteiger partial charge on any atom is -0.485 e. The van der Waals surface area contributed by atoms with Crippen LogP contribution in [0, 0.1) is 0 Å². The van der Waals surface area contributed by atoms with Crippen LogP contribution in [-0.2, 0) is 13.7 Å². The molecule has 2 rings (SSSR count). The Labute approximate surface area is 125 Å². The summed E-state index contributed by atoms with van der Waals surface area (Å²) in [5.74, 6) is 1.35. The number of nitrogens with zero attached hydrogens (tertiary/aromatic N) is 2. The van der Waals surface area contributed by atoms with Gasteiger partial charge in [-0.25, -0.2) is 4.98 Å². The molecule has 1 N–H and O–H groups in total. The second-order valence-electron chi connectivity index (χ2n) is 4.20. The Kier molecular flexibility index (Phi) is 4.50. The van der Waals surface area contributed by atoms with Gasteiger partial charge in [0, 0.05) is 17.1 Å². The van der Waals surface area contributed by atoms with E-state index in [9.17, 15) is 5.11 Å². The lowest BCUT2D eigenvalue weighted by molar-refractivity contribution is 0.189. The summed E-state index contributed by atoms with van der Waals surface area (Å²) in [6.07, 6.45) is 0.990. The van der Waals surface area contributed by atoms with Gasteiger partial charge in [-0.15, -0.1) is 0 Å². The molecule has 6 heteroatoms. The van der Waals surface area contributed by atoms with Crippen molar-refractivity contribution in [3.63, 3.8) is 0 Å². The van der Waals surface area contributed by atoms with Gasteiger partial charge in [-0.3, -0.25) is 0 Å². The van der Waals surface area contributed by atoms with E-state index in [1.807, 2.05) is 25.2 Å². The zero-order valence-electron chi connectivity index (χ0n) is 10.6. The predicted octanol–water partition coefficient (Wildman–Crippen LogP) is 3.47. The van der Waals surface area contributed by atoms with E-state index in [-0.39, 0.29) is 0 Å². The van der Waals surface area contributed by atoms with Crippen LogP contribution in [0.15, 0.2) is 28.9 Å². The molecule has 4 nitrogen and oxygen atoms in total. The Balaban J connectivity index is 2.19. The average molecular weight is 346 g/mol. The van der Waals surface area contributed by atoms with Gasteiger partial charge in [0.1, 0.15) is 23.3 Å². The van der Waals surface area contributed by atoms with Gasteiger partial charge in [0.15, 0.2) is 0 Å². The van der Waals surface area contributed by atoms with E-state index < -0.39 is 6.10 Å². The summed E-state index contributed by atoms with van der Waals surface area (Å²) in [4.78, 5) is 4.16. The minimum atomic E-state index is -0.590. The SMILES string of the molecule is CC(O)c1ccc(Br)cc1OCc1ncc(Cl)n1C. The highest BCUT2D eigenvalue weighted by molar-refractivity contribution is 9.10. The smallest absolute Gasteiger partial charge is 0.147 e. The molecule has 0 amide bonds. The number of imidazole rings is 1. The lowest BCUT2D eigenvalue weighted by Crippen LogP contribution is -2.06. The van der Waals surface area contributed by atoms with Gasteiger partial charge in [0.25, 0.3) is 0 Å². The van der Waals surface area contributed by atoms with E-state index in [1.165, 1.54) is 0 Å². The van der Waals surface area contributed by atoms with Crippen molar-refractivity contribution >= 4 is 27.5 Å². The van der Waals surface area contributed by atoms with Gasteiger partial charge in [-0.05, 0) is 19.1 Å². The summed E-state index contributed by atoms with van der Waals surface area (Å²) in [5.41, 5.74) is 0.739. The standard InChI is InChI=1S/C13H14BrClN2O2/c1-8(18)10-4-3-9(14)5-11(10)19-7-13-16-6-12(15)17(13)2/h3-6,8,18H,7H2,1-2H3. The fourth-order valence-corrected chi connectivity index (χ4v) is 2.17. The van der Waals surface area contributed by atoms with E-state index in [4.69, 9.17) is 16.3 Å². The summed E-state index contributed by atoms with van der Waals surface area (Å²) in [5, 5.41) is 10.3. The van der Waals surface area contributed by atoms with E-state index >= 15 is 0 Å². The second-order valence-corrected chi connectivity index (χ2v) is 5.51. The molecular weight excluding hydrogens is 332 g/mol. The van der Waals surface area contributed by atoms with Gasteiger partial charge in [0.05, 0.1) is 12.3 Å². The van der Waals surface area contributed by atoms with Gasteiger partial charge in [-0.2, -0.15) is 0 Å². The molecule has 1 unspecified atom stereocenters. The van der Waals surface area contributed by atoms with E-state index in [2.05, 4.69) is 20.9 Å². The fraction of sp³-hybridized carbons (Fsp3) is 0.308. The highest BCUT2D eigenvalue weighted by Gasteiger charge is 2.11. The molecule has 102 valence electrons. The van der Waals surface area contributed by atoms with Crippen molar-refractivity contribution in [2.45, 2.75) is 19.6 Å². The van der Waals surface area contributed by atoms with Crippen molar-refractivity contribution < 1.29 is 9.84 Å². The topological polar surface area (TPSA) is 47.3 Å². The van der Waals surface area contributed by atoms with Gasteiger partial charge < -0.3 is 14.4 Å². The molecule has 1 heterocycles. The summed E-state index contributed by atoms with van der Waals surface area (Å²) in [6.45, 7) is 1.99. The van der Waals surface area contributed by atoms with Crippen LogP contribution in [0.5, 0.6) is 5.75 Å². The Morgan fingerprint density at radius 3 is 2.84 bits per heavy atom. The van der Waals surface area contributed by atoms with Crippen LogP contribution in [0.3, 0.4) is 0 Å². The lowest BCUT2D eigenvalue weighted by Gasteiger charge is -2.13. The van der Waals surface area contributed by atoms with E-state index in [0.29, 0.717) is 17.5 Å². The number of ether oxygens (including phenoxy) is 1. The molecule has 1 atom stereocenters. The number of halogens is 2. The molecule has 2 aromatic rings. The largest absolute Gasteiger partial charge is 0.485 e. The van der Waals surface area contributed by atoms with E-state index in [1.54, 1.807) is 17.7 Å². The van der Waals surface area contributed by atoms with Crippen LogP contribution in [0.1, 0.15) is 24.4 Å². The van der Waals surface area contributed by atoms with Crippen LogP contribution in [0.2, 0.25) is 5.15 Å². The summed E-state index contributed by atoms with van der Waals surface area (Å²) in [7, 11) is 1.82. The monoisotopic (exact) mass is 344 g/mol. The maximum absolute atomic E-state index is 9.71. The molecule has 0 aliphatic heterocycles. The summed E-state index contributed by atoms with van der Waals surface area (Å²) >= 11 is 9.30. The number of hydrogen-bond donors (Lipinski definition) is 1. The van der Waals surface area contributed by atoms with Crippen molar-refractivity contribution in [2.24, 2.45) is 7.05 Å². The third-order valence-electron chi connectivity index (χ3n) is 2.81. The van der Waals surface area contributed by atoms with Gasteiger partial charge in [0.2, 0.25) is 0 Å². The van der Waals surface area contributed by atoms with Crippen molar-refractivity contribution in [1.29, 1.82) is 0 Å². The molecule has 0 fully saturated rings. The average Bonchev–Trinajstić information content (AvgIpc) is 2.67. The van der Waals surface area contributed by atoms with Crippen LogP contribution in [-0.4, -0.2) is 14.7 Å². The first-order chi connectivity index (χ1) is 8.99. The predicted molar refractivity (Wildman–Crippen MR) is 77.3 cm³/mol. The lowest BCUT2D eigenvalue weighted by atomic mass is 10.1. The first kappa shape index (κ1) is 14.4. The molecule has 1 aromatic heterocycles. The van der Waals surface area contributed by atoms with E-state index in [0.717, 1.165) is 15.9 Å². The second kappa shape index (κ2) is 5.94. The highest BCUT2D eigenvalue weighted by atomic mass is 79.9. The molecule has 1 aromatic carbocycles. The molecule has 0 radical (unpaired) electrons. The Hall–Kier alpha value is -1.04. The molecule has 0 saturated heterocycles. The third kappa shape index (κ3) is 3.29. The van der Waals surface area contributed by atoms with Crippen molar-refractivity contribution in [3.8, 4) is 5.75 Å². The summed E-state index contributed by atoms with van der Waals surface area (Å²) in [6, 6.07) is 5.52. The Morgan fingerprint density at radius 1 is 1.53 bits per heavy atom. The third-order valence-corrected chi connectivity index (χ3v) is 3.65. The van der Waals surface area contributed by atoms with Crippen LogP contribution < -0.4 is 4.74 Å². The normalized spacial score (nSPS) is 12.5. The van der Waals surface area contributed by atoms with Crippen LogP contribution >= 0.6 is 27.5 Å². The highest BCUT2D eigenvalue weighted by Crippen LogP contribution is 2.29. The van der Waals surface area contributed by atoms with Gasteiger partial charge >= 0.3 is 0 Å². The van der Waals surface area contributed by atoms with Crippen molar-refractivity contribution in [1.82, 2.24) is 9.55 Å². The maximum Gasteiger partial charge on any atom is 0.147 e. The molecule has 0 bridgehead atoms. The Bertz CT molecular complexity index is 584. The fourth-order valence-electron chi connectivity index (χ4n) is 1.68. The number of hydrogen-bond acceptors (Lipinski definition) is 3. The quantitative estimate of drug-likeness (QED) is 0.923. The number of aromatic nitrogens is 2. The number of benzene rings is 1. The number of aliphatic hydroxyl groups excluding tert-OH is 1. The molecule has 19 heavy (non-hydrogen) atoms. The van der Waals surface area contributed by atoms with Gasteiger partial charge in [-0.1, -0.05) is 33.6 Å². The first-order valence-corrected chi connectivity index (χ1v) is 6.92. The summed E-state index contributed by atoms with van der Waals surface area (Å²) < 4.78 is 8.37. The Morgan fingerprint density at radius 2 is 2.26 bits per heavy atom. The number of rotatable bonds is 4. The van der Waals surface area contributed by atoms with Crippen LogP contribution in [0.25, 0.3) is 0 Å². The first-order valence-electron chi connectivity index (χ1n) is 5.75. The number of aliphatic hydroxyl groups is 1.